The van der Waals surface area contributed by atoms with Crippen LogP contribution in [0.5, 0.6) is 0 Å². The Morgan fingerprint density at radius 1 is 0.846 bits per heavy atom. The minimum absolute atomic E-state index is 0.0854. The maximum Gasteiger partial charge on any atom is 0.223 e. The van der Waals surface area contributed by atoms with Crippen molar-refractivity contribution in [1.29, 1.82) is 0 Å². The highest BCUT2D eigenvalue weighted by Gasteiger charge is 2.30. The van der Waals surface area contributed by atoms with Crippen molar-refractivity contribution in [2.24, 2.45) is 11.8 Å². The second kappa shape index (κ2) is 9.75. The van der Waals surface area contributed by atoms with Gasteiger partial charge in [0.15, 0.2) is 0 Å². The molecule has 0 saturated heterocycles. The molecule has 1 aromatic carbocycles. The van der Waals surface area contributed by atoms with E-state index in [4.69, 9.17) is 0 Å². The summed E-state index contributed by atoms with van der Waals surface area (Å²) in [7, 11) is 0. The summed E-state index contributed by atoms with van der Waals surface area (Å²) in [5, 5.41) is 6.30. The summed E-state index contributed by atoms with van der Waals surface area (Å²) in [4.78, 5) is 24.7. The third-order valence-electron chi connectivity index (χ3n) is 5.95. The molecule has 0 heterocycles. The molecule has 2 aliphatic rings. The Morgan fingerprint density at radius 3 is 2.12 bits per heavy atom. The van der Waals surface area contributed by atoms with Crippen molar-refractivity contribution in [2.75, 3.05) is 6.54 Å². The maximum atomic E-state index is 12.4. The summed E-state index contributed by atoms with van der Waals surface area (Å²) in [6.45, 7) is 0.732. The number of benzene rings is 1. The number of hydrogen-bond acceptors (Lipinski definition) is 2. The number of hydrogen-bond donors (Lipinski definition) is 2. The summed E-state index contributed by atoms with van der Waals surface area (Å²) in [5.74, 6) is 0.589. The van der Waals surface area contributed by atoms with Crippen LogP contribution in [0.4, 0.5) is 0 Å². The lowest BCUT2D eigenvalue weighted by atomic mass is 9.81. The fourth-order valence-corrected chi connectivity index (χ4v) is 4.30. The van der Waals surface area contributed by atoms with E-state index in [-0.39, 0.29) is 23.7 Å². The minimum atomic E-state index is 0.0854. The third-order valence-corrected chi connectivity index (χ3v) is 5.95. The van der Waals surface area contributed by atoms with E-state index in [1.807, 2.05) is 6.07 Å². The van der Waals surface area contributed by atoms with Gasteiger partial charge >= 0.3 is 0 Å². The van der Waals surface area contributed by atoms with Crippen LogP contribution in [0.1, 0.15) is 63.4 Å². The second-order valence-corrected chi connectivity index (χ2v) is 7.92. The molecule has 0 unspecified atom stereocenters. The highest BCUT2D eigenvalue weighted by atomic mass is 16.2. The molecule has 2 fully saturated rings. The van der Waals surface area contributed by atoms with E-state index >= 15 is 0 Å². The summed E-state index contributed by atoms with van der Waals surface area (Å²) in [6.07, 6.45) is 10.1. The molecule has 0 radical (unpaired) electrons. The van der Waals surface area contributed by atoms with Gasteiger partial charge in [-0.3, -0.25) is 9.59 Å². The number of nitrogens with one attached hydrogen (secondary N) is 2. The van der Waals surface area contributed by atoms with E-state index < -0.39 is 0 Å². The van der Waals surface area contributed by atoms with E-state index in [9.17, 15) is 9.59 Å². The number of rotatable bonds is 7. The first-order chi connectivity index (χ1) is 12.7. The van der Waals surface area contributed by atoms with Gasteiger partial charge in [0.25, 0.3) is 0 Å². The molecule has 0 atom stereocenters. The maximum absolute atomic E-state index is 12.4. The van der Waals surface area contributed by atoms with Crippen LogP contribution in [0.2, 0.25) is 0 Å². The second-order valence-electron chi connectivity index (χ2n) is 7.92. The van der Waals surface area contributed by atoms with E-state index in [1.165, 1.54) is 18.4 Å². The van der Waals surface area contributed by atoms with Crippen molar-refractivity contribution in [2.45, 2.75) is 70.3 Å². The average Bonchev–Trinajstić information content (AvgIpc) is 3.19. The molecule has 142 valence electrons. The number of aryl methyl sites for hydroxylation is 1. The SMILES string of the molecule is O=C(NCCCc1ccccc1)C1CCC(C(=O)NC2CCCC2)CC1. The summed E-state index contributed by atoms with van der Waals surface area (Å²) >= 11 is 0. The monoisotopic (exact) mass is 356 g/mol. The van der Waals surface area contributed by atoms with Crippen molar-refractivity contribution in [3.8, 4) is 0 Å². The van der Waals surface area contributed by atoms with Crippen molar-refractivity contribution in [3.05, 3.63) is 35.9 Å². The van der Waals surface area contributed by atoms with Gasteiger partial charge in [0, 0.05) is 24.4 Å². The fraction of sp³-hybridized carbons (Fsp3) is 0.636. The van der Waals surface area contributed by atoms with Crippen molar-refractivity contribution >= 4 is 11.8 Å². The van der Waals surface area contributed by atoms with Crippen LogP contribution in [-0.2, 0) is 16.0 Å². The topological polar surface area (TPSA) is 58.2 Å². The molecule has 1 aromatic rings. The van der Waals surface area contributed by atoms with Crippen LogP contribution >= 0.6 is 0 Å². The van der Waals surface area contributed by atoms with Crippen LogP contribution in [0.3, 0.4) is 0 Å². The van der Waals surface area contributed by atoms with E-state index in [0.717, 1.165) is 57.9 Å². The summed E-state index contributed by atoms with van der Waals surface area (Å²) < 4.78 is 0. The van der Waals surface area contributed by atoms with Gasteiger partial charge in [-0.15, -0.1) is 0 Å². The van der Waals surface area contributed by atoms with E-state index in [1.54, 1.807) is 0 Å². The van der Waals surface area contributed by atoms with Crippen LogP contribution in [-0.4, -0.2) is 24.4 Å². The zero-order valence-electron chi connectivity index (χ0n) is 15.7. The molecule has 2 N–H and O–H groups in total. The van der Waals surface area contributed by atoms with Crippen LogP contribution in [0.15, 0.2) is 30.3 Å². The predicted molar refractivity (Wildman–Crippen MR) is 104 cm³/mol. The molecule has 4 heteroatoms. The Morgan fingerprint density at radius 2 is 1.46 bits per heavy atom. The molecule has 0 spiro atoms. The number of carbonyl (C=O) groups excluding carboxylic acids is 2. The lowest BCUT2D eigenvalue weighted by Crippen LogP contribution is -2.40. The Kier molecular flexibility index (Phi) is 7.10. The van der Waals surface area contributed by atoms with E-state index in [0.29, 0.717) is 6.04 Å². The smallest absolute Gasteiger partial charge is 0.223 e. The van der Waals surface area contributed by atoms with Crippen molar-refractivity contribution in [1.82, 2.24) is 10.6 Å². The Labute approximate surface area is 157 Å². The Balaban J connectivity index is 1.31. The summed E-state index contributed by atoms with van der Waals surface area (Å²) in [6, 6.07) is 10.8. The molecule has 2 amide bonds. The molecular formula is C22H32N2O2. The van der Waals surface area contributed by atoms with Gasteiger partial charge in [0.1, 0.15) is 0 Å². The summed E-state index contributed by atoms with van der Waals surface area (Å²) in [5.41, 5.74) is 1.32. The molecular weight excluding hydrogens is 324 g/mol. The highest BCUT2D eigenvalue weighted by Crippen LogP contribution is 2.29. The zero-order valence-corrected chi connectivity index (χ0v) is 15.7. The minimum Gasteiger partial charge on any atom is -0.356 e. The third kappa shape index (κ3) is 5.58. The van der Waals surface area contributed by atoms with Crippen LogP contribution in [0, 0.1) is 11.8 Å². The standard InChI is InChI=1S/C22H32N2O2/c25-21(23-16-6-9-17-7-2-1-3-8-17)18-12-14-19(15-13-18)22(26)24-20-10-4-5-11-20/h1-3,7-8,18-20H,4-6,9-16H2,(H,23,25)(H,24,26). The van der Waals surface area contributed by atoms with Gasteiger partial charge in [-0.25, -0.2) is 0 Å². The molecule has 0 aliphatic heterocycles. The molecule has 2 aliphatic carbocycles. The zero-order chi connectivity index (χ0) is 18.2. The average molecular weight is 357 g/mol. The number of amides is 2. The van der Waals surface area contributed by atoms with Gasteiger partial charge < -0.3 is 10.6 Å². The normalized spacial score (nSPS) is 23.5. The molecule has 3 rings (SSSR count). The first-order valence-electron chi connectivity index (χ1n) is 10.3. The largest absolute Gasteiger partial charge is 0.356 e. The van der Waals surface area contributed by atoms with Gasteiger partial charge in [0.2, 0.25) is 11.8 Å². The lowest BCUT2D eigenvalue weighted by Gasteiger charge is -2.28. The van der Waals surface area contributed by atoms with Gasteiger partial charge in [-0.1, -0.05) is 43.2 Å². The Bertz CT molecular complexity index is 573. The molecule has 4 nitrogen and oxygen atoms in total. The van der Waals surface area contributed by atoms with Crippen LogP contribution < -0.4 is 10.6 Å². The van der Waals surface area contributed by atoms with E-state index in [2.05, 4.69) is 34.9 Å². The molecule has 26 heavy (non-hydrogen) atoms. The van der Waals surface area contributed by atoms with Gasteiger partial charge in [-0.2, -0.15) is 0 Å². The molecule has 2 saturated carbocycles. The first-order valence-corrected chi connectivity index (χ1v) is 10.3. The van der Waals surface area contributed by atoms with Gasteiger partial charge in [-0.05, 0) is 56.9 Å². The van der Waals surface area contributed by atoms with Crippen molar-refractivity contribution in [3.63, 3.8) is 0 Å². The quantitative estimate of drug-likeness (QED) is 0.734. The van der Waals surface area contributed by atoms with Crippen molar-refractivity contribution < 1.29 is 9.59 Å². The molecule has 0 aromatic heterocycles. The Hall–Kier alpha value is -1.84. The number of carbonyl (C=O) groups is 2. The predicted octanol–water partition coefficient (Wildman–Crippen LogP) is 3.60. The molecule has 0 bridgehead atoms. The van der Waals surface area contributed by atoms with Gasteiger partial charge in [0.05, 0.1) is 0 Å². The fourth-order valence-electron chi connectivity index (χ4n) is 4.30. The van der Waals surface area contributed by atoms with Crippen LogP contribution in [0.25, 0.3) is 0 Å². The highest BCUT2D eigenvalue weighted by molar-refractivity contribution is 5.81. The lowest BCUT2D eigenvalue weighted by molar-refractivity contribution is -0.130. The first kappa shape index (κ1) is 18.9.